The number of hydrogen-bond acceptors (Lipinski definition) is 2. The van der Waals surface area contributed by atoms with Crippen LogP contribution in [-0.2, 0) is 6.42 Å². The second-order valence-corrected chi connectivity index (χ2v) is 5.26. The molecule has 102 valence electrons. The van der Waals surface area contributed by atoms with Gasteiger partial charge in [-0.1, -0.05) is 68.9 Å². The molecule has 0 aliphatic carbocycles. The minimum atomic E-state index is 0.411. The Balaban J connectivity index is 2.28. The van der Waals surface area contributed by atoms with Crippen LogP contribution in [0.3, 0.4) is 0 Å². The van der Waals surface area contributed by atoms with Gasteiger partial charge in [0.1, 0.15) is 0 Å². The topological polar surface area (TPSA) is 38.0 Å². The zero-order valence-corrected chi connectivity index (χ0v) is 11.9. The van der Waals surface area contributed by atoms with Gasteiger partial charge in [-0.2, -0.15) is 0 Å². The lowest BCUT2D eigenvalue weighted by atomic mass is 9.99. The lowest BCUT2D eigenvalue weighted by Crippen LogP contribution is -2.36. The van der Waals surface area contributed by atoms with Gasteiger partial charge in [0.2, 0.25) is 0 Å². The molecule has 0 aliphatic heterocycles. The monoisotopic (exact) mass is 248 g/mol. The van der Waals surface area contributed by atoms with Crippen LogP contribution in [0.25, 0.3) is 0 Å². The summed E-state index contributed by atoms with van der Waals surface area (Å²) in [6.07, 6.45) is 8.85. The molecule has 0 saturated heterocycles. The molecule has 0 aromatic heterocycles. The van der Waals surface area contributed by atoms with Crippen molar-refractivity contribution in [1.29, 1.82) is 0 Å². The minimum Gasteiger partial charge on any atom is -0.271 e. The van der Waals surface area contributed by atoms with Crippen molar-refractivity contribution in [2.45, 2.75) is 64.8 Å². The van der Waals surface area contributed by atoms with E-state index in [1.54, 1.807) is 0 Å². The third-order valence-corrected chi connectivity index (χ3v) is 3.46. The van der Waals surface area contributed by atoms with Crippen molar-refractivity contribution in [2.24, 2.45) is 5.84 Å². The molecule has 0 bridgehead atoms. The van der Waals surface area contributed by atoms with Gasteiger partial charge in [-0.25, -0.2) is 0 Å². The Morgan fingerprint density at radius 2 is 1.94 bits per heavy atom. The van der Waals surface area contributed by atoms with Gasteiger partial charge in [0.15, 0.2) is 0 Å². The Morgan fingerprint density at radius 3 is 2.61 bits per heavy atom. The van der Waals surface area contributed by atoms with Crippen molar-refractivity contribution < 1.29 is 0 Å². The molecule has 1 aromatic carbocycles. The van der Waals surface area contributed by atoms with E-state index in [9.17, 15) is 0 Å². The highest BCUT2D eigenvalue weighted by atomic mass is 15.2. The summed E-state index contributed by atoms with van der Waals surface area (Å²) in [6, 6.07) is 9.11. The van der Waals surface area contributed by atoms with Gasteiger partial charge in [-0.05, 0) is 25.3 Å². The Kier molecular flexibility index (Phi) is 7.70. The smallest absolute Gasteiger partial charge is 0.0250 e. The number of nitrogens with one attached hydrogen (secondary N) is 1. The van der Waals surface area contributed by atoms with E-state index >= 15 is 0 Å². The first-order chi connectivity index (χ1) is 8.76. The second kappa shape index (κ2) is 9.12. The van der Waals surface area contributed by atoms with Gasteiger partial charge in [0, 0.05) is 6.04 Å². The summed E-state index contributed by atoms with van der Waals surface area (Å²) in [7, 11) is 0. The molecule has 1 unspecified atom stereocenters. The highest BCUT2D eigenvalue weighted by Gasteiger charge is 2.07. The number of unbranched alkanes of at least 4 members (excludes halogenated alkanes) is 4. The molecule has 1 atom stereocenters. The zero-order chi connectivity index (χ0) is 13.2. The standard InChI is InChI=1S/C16H28N2/c1-3-4-5-6-7-11-16(18-17)13-15-10-8-9-14(2)12-15/h8-10,12,16,18H,3-7,11,13,17H2,1-2H3. The largest absolute Gasteiger partial charge is 0.271 e. The van der Waals surface area contributed by atoms with Crippen LogP contribution >= 0.6 is 0 Å². The number of hydrogen-bond donors (Lipinski definition) is 2. The average molecular weight is 248 g/mol. The van der Waals surface area contributed by atoms with Crippen LogP contribution in [0.1, 0.15) is 56.6 Å². The molecule has 1 rings (SSSR count). The first-order valence-electron chi connectivity index (χ1n) is 7.28. The number of nitrogens with two attached hydrogens (primary N) is 1. The molecule has 0 saturated carbocycles. The van der Waals surface area contributed by atoms with Gasteiger partial charge < -0.3 is 0 Å². The Hall–Kier alpha value is -0.860. The summed E-state index contributed by atoms with van der Waals surface area (Å²) in [4.78, 5) is 0. The predicted octanol–water partition coefficient (Wildman–Crippen LogP) is 3.73. The van der Waals surface area contributed by atoms with Crippen LogP contribution in [0.4, 0.5) is 0 Å². The fraction of sp³-hybridized carbons (Fsp3) is 0.625. The van der Waals surface area contributed by atoms with E-state index in [0.29, 0.717) is 6.04 Å². The maximum atomic E-state index is 5.65. The zero-order valence-electron chi connectivity index (χ0n) is 11.9. The average Bonchev–Trinajstić information content (AvgIpc) is 2.37. The van der Waals surface area contributed by atoms with Crippen LogP contribution in [0.5, 0.6) is 0 Å². The summed E-state index contributed by atoms with van der Waals surface area (Å²) >= 11 is 0. The van der Waals surface area contributed by atoms with E-state index in [4.69, 9.17) is 5.84 Å². The predicted molar refractivity (Wildman–Crippen MR) is 79.4 cm³/mol. The van der Waals surface area contributed by atoms with Crippen LogP contribution in [-0.4, -0.2) is 6.04 Å². The fourth-order valence-electron chi connectivity index (χ4n) is 2.36. The van der Waals surface area contributed by atoms with Crippen molar-refractivity contribution in [3.05, 3.63) is 35.4 Å². The number of rotatable bonds is 9. The highest BCUT2D eigenvalue weighted by molar-refractivity contribution is 5.22. The van der Waals surface area contributed by atoms with E-state index in [2.05, 4.69) is 43.5 Å². The fourth-order valence-corrected chi connectivity index (χ4v) is 2.36. The van der Waals surface area contributed by atoms with E-state index in [0.717, 1.165) is 6.42 Å². The van der Waals surface area contributed by atoms with E-state index < -0.39 is 0 Å². The molecular formula is C16H28N2. The van der Waals surface area contributed by atoms with Crippen LogP contribution in [0.15, 0.2) is 24.3 Å². The maximum Gasteiger partial charge on any atom is 0.0250 e. The molecule has 0 aliphatic rings. The van der Waals surface area contributed by atoms with Gasteiger partial charge in [-0.3, -0.25) is 11.3 Å². The van der Waals surface area contributed by atoms with Gasteiger partial charge >= 0.3 is 0 Å². The summed E-state index contributed by atoms with van der Waals surface area (Å²) in [5.74, 6) is 5.65. The van der Waals surface area contributed by atoms with Crippen molar-refractivity contribution in [3.8, 4) is 0 Å². The Bertz CT molecular complexity index is 323. The van der Waals surface area contributed by atoms with E-state index in [1.807, 2.05) is 0 Å². The number of aryl methyl sites for hydroxylation is 1. The summed E-state index contributed by atoms with van der Waals surface area (Å²) in [5.41, 5.74) is 5.67. The third-order valence-electron chi connectivity index (χ3n) is 3.46. The molecule has 0 spiro atoms. The van der Waals surface area contributed by atoms with Gasteiger partial charge in [0.05, 0.1) is 0 Å². The molecule has 18 heavy (non-hydrogen) atoms. The second-order valence-electron chi connectivity index (χ2n) is 5.26. The summed E-state index contributed by atoms with van der Waals surface area (Å²) < 4.78 is 0. The number of benzene rings is 1. The normalized spacial score (nSPS) is 12.6. The summed E-state index contributed by atoms with van der Waals surface area (Å²) in [5, 5.41) is 0. The van der Waals surface area contributed by atoms with Gasteiger partial charge in [-0.15, -0.1) is 0 Å². The Labute approximate surface area is 112 Å². The summed E-state index contributed by atoms with van der Waals surface area (Å²) in [6.45, 7) is 4.39. The molecule has 0 fully saturated rings. The third kappa shape index (κ3) is 6.18. The highest BCUT2D eigenvalue weighted by Crippen LogP contribution is 2.12. The van der Waals surface area contributed by atoms with E-state index in [1.165, 1.54) is 49.7 Å². The lowest BCUT2D eigenvalue weighted by molar-refractivity contribution is 0.461. The molecule has 1 aromatic rings. The van der Waals surface area contributed by atoms with Crippen LogP contribution < -0.4 is 11.3 Å². The SMILES string of the molecule is CCCCCCCC(Cc1cccc(C)c1)NN. The molecule has 0 heterocycles. The molecule has 3 N–H and O–H groups in total. The first kappa shape index (κ1) is 15.2. The van der Waals surface area contributed by atoms with Crippen LogP contribution in [0.2, 0.25) is 0 Å². The number of hydrazine groups is 1. The molecule has 0 radical (unpaired) electrons. The molecule has 0 amide bonds. The molecular weight excluding hydrogens is 220 g/mol. The Morgan fingerprint density at radius 1 is 1.17 bits per heavy atom. The lowest BCUT2D eigenvalue weighted by Gasteiger charge is -2.16. The van der Waals surface area contributed by atoms with Crippen molar-refractivity contribution >= 4 is 0 Å². The van der Waals surface area contributed by atoms with Crippen LogP contribution in [0, 0.1) is 6.92 Å². The quantitative estimate of drug-likeness (QED) is 0.397. The van der Waals surface area contributed by atoms with Crippen molar-refractivity contribution in [2.75, 3.05) is 0 Å². The molecule has 2 nitrogen and oxygen atoms in total. The minimum absolute atomic E-state index is 0.411. The first-order valence-corrected chi connectivity index (χ1v) is 7.28. The van der Waals surface area contributed by atoms with Crippen molar-refractivity contribution in [3.63, 3.8) is 0 Å². The molecule has 2 heteroatoms. The maximum absolute atomic E-state index is 5.65. The van der Waals surface area contributed by atoms with E-state index in [-0.39, 0.29) is 0 Å². The van der Waals surface area contributed by atoms with Gasteiger partial charge in [0.25, 0.3) is 0 Å². The van der Waals surface area contributed by atoms with Crippen molar-refractivity contribution in [1.82, 2.24) is 5.43 Å².